The first kappa shape index (κ1) is 15.9. The van der Waals surface area contributed by atoms with E-state index in [9.17, 15) is 5.11 Å². The molecule has 0 aromatic heterocycles. The van der Waals surface area contributed by atoms with Gasteiger partial charge in [0.05, 0.1) is 24.4 Å². The molecule has 0 aliphatic carbocycles. The third-order valence-electron chi connectivity index (χ3n) is 3.62. The third kappa shape index (κ3) is 4.17. The van der Waals surface area contributed by atoms with E-state index in [0.29, 0.717) is 0 Å². The quantitative estimate of drug-likeness (QED) is 0.647. The van der Waals surface area contributed by atoms with Gasteiger partial charge in [-0.1, -0.05) is 6.92 Å². The van der Waals surface area contributed by atoms with Gasteiger partial charge < -0.3 is 19.9 Å². The molecular weight excluding hydrogens is 232 g/mol. The first-order chi connectivity index (χ1) is 8.58. The van der Waals surface area contributed by atoms with Gasteiger partial charge in [0.1, 0.15) is 0 Å². The van der Waals surface area contributed by atoms with Crippen molar-refractivity contribution in [2.45, 2.75) is 38.0 Å². The summed E-state index contributed by atoms with van der Waals surface area (Å²) in [6, 6.07) is 0. The molecule has 0 saturated carbocycles. The zero-order chi connectivity index (χ0) is 13.6. The first-order valence-corrected chi connectivity index (χ1v) is 6.72. The van der Waals surface area contributed by atoms with Crippen LogP contribution < -0.4 is 5.32 Å². The van der Waals surface area contributed by atoms with E-state index in [-0.39, 0.29) is 24.4 Å². The summed E-state index contributed by atoms with van der Waals surface area (Å²) in [5.74, 6) is 0. The molecule has 1 heterocycles. The van der Waals surface area contributed by atoms with Gasteiger partial charge in [-0.3, -0.25) is 4.90 Å². The minimum absolute atomic E-state index is 0.129. The van der Waals surface area contributed by atoms with Crippen LogP contribution in [0.4, 0.5) is 0 Å². The molecule has 1 saturated heterocycles. The van der Waals surface area contributed by atoms with E-state index in [4.69, 9.17) is 9.47 Å². The molecule has 1 aliphatic heterocycles. The summed E-state index contributed by atoms with van der Waals surface area (Å²) in [4.78, 5) is 2.29. The monoisotopic (exact) mass is 260 g/mol. The van der Waals surface area contributed by atoms with Crippen molar-refractivity contribution >= 4 is 0 Å². The summed E-state index contributed by atoms with van der Waals surface area (Å²) in [7, 11) is 3.45. The Labute approximate surface area is 110 Å². The lowest BCUT2D eigenvalue weighted by Crippen LogP contribution is -2.54. The Hall–Kier alpha value is -0.200. The van der Waals surface area contributed by atoms with Crippen molar-refractivity contribution in [2.75, 3.05) is 47.0 Å². The van der Waals surface area contributed by atoms with Crippen LogP contribution in [0.3, 0.4) is 0 Å². The van der Waals surface area contributed by atoms with Crippen LogP contribution in [-0.4, -0.2) is 74.8 Å². The number of ether oxygens (including phenoxy) is 2. The van der Waals surface area contributed by atoms with E-state index in [0.717, 1.165) is 32.6 Å². The SMILES string of the molecule is CCCNC(C)(CO)CN1CC(OC)C(OC)C1. The summed E-state index contributed by atoms with van der Waals surface area (Å²) < 4.78 is 10.8. The Kier molecular flexibility index (Phi) is 6.52. The van der Waals surface area contributed by atoms with Crippen molar-refractivity contribution in [3.63, 3.8) is 0 Å². The lowest BCUT2D eigenvalue weighted by Gasteiger charge is -2.33. The molecule has 0 aromatic carbocycles. The largest absolute Gasteiger partial charge is 0.394 e. The Balaban J connectivity index is 2.50. The standard InChI is InChI=1S/C13H28N2O3/c1-5-6-14-13(2,10-16)9-15-7-11(17-3)12(8-15)18-4/h11-12,14,16H,5-10H2,1-4H3. The number of aliphatic hydroxyl groups excluding tert-OH is 1. The average Bonchev–Trinajstić information content (AvgIpc) is 2.78. The van der Waals surface area contributed by atoms with Crippen LogP contribution in [0.1, 0.15) is 20.3 Å². The highest BCUT2D eigenvalue weighted by Gasteiger charge is 2.36. The van der Waals surface area contributed by atoms with E-state index >= 15 is 0 Å². The summed E-state index contributed by atoms with van der Waals surface area (Å²) in [5, 5.41) is 13.0. The molecule has 1 fully saturated rings. The molecule has 3 unspecified atom stereocenters. The lowest BCUT2D eigenvalue weighted by molar-refractivity contribution is -0.00461. The molecule has 0 amide bonds. The number of methoxy groups -OCH3 is 2. The minimum Gasteiger partial charge on any atom is -0.394 e. The van der Waals surface area contributed by atoms with Crippen molar-refractivity contribution in [3.05, 3.63) is 0 Å². The highest BCUT2D eigenvalue weighted by atomic mass is 16.5. The number of aliphatic hydroxyl groups is 1. The average molecular weight is 260 g/mol. The molecule has 108 valence electrons. The van der Waals surface area contributed by atoms with Crippen LogP contribution in [0.15, 0.2) is 0 Å². The summed E-state index contributed by atoms with van der Waals surface area (Å²) in [5.41, 5.74) is -0.253. The van der Waals surface area contributed by atoms with Crippen LogP contribution in [0.2, 0.25) is 0 Å². The molecule has 18 heavy (non-hydrogen) atoms. The van der Waals surface area contributed by atoms with Crippen LogP contribution in [0.25, 0.3) is 0 Å². The second-order valence-electron chi connectivity index (χ2n) is 5.39. The first-order valence-electron chi connectivity index (χ1n) is 6.72. The second kappa shape index (κ2) is 7.40. The predicted octanol–water partition coefficient (Wildman–Crippen LogP) is 0.0826. The van der Waals surface area contributed by atoms with Crippen LogP contribution in [-0.2, 0) is 9.47 Å². The van der Waals surface area contributed by atoms with E-state index in [1.165, 1.54) is 0 Å². The molecule has 0 spiro atoms. The number of rotatable bonds is 8. The maximum absolute atomic E-state index is 9.57. The van der Waals surface area contributed by atoms with E-state index in [1.54, 1.807) is 14.2 Å². The number of nitrogens with one attached hydrogen (secondary N) is 1. The molecular formula is C13H28N2O3. The van der Waals surface area contributed by atoms with E-state index < -0.39 is 0 Å². The van der Waals surface area contributed by atoms with Gasteiger partial charge in [0.15, 0.2) is 0 Å². The van der Waals surface area contributed by atoms with Gasteiger partial charge in [-0.25, -0.2) is 0 Å². The Morgan fingerprint density at radius 2 is 1.83 bits per heavy atom. The number of hydrogen-bond acceptors (Lipinski definition) is 5. The predicted molar refractivity (Wildman–Crippen MR) is 71.8 cm³/mol. The highest BCUT2D eigenvalue weighted by Crippen LogP contribution is 2.18. The summed E-state index contributed by atoms with van der Waals surface area (Å²) >= 11 is 0. The normalized spacial score (nSPS) is 28.5. The van der Waals surface area contributed by atoms with Crippen molar-refractivity contribution in [3.8, 4) is 0 Å². The number of nitrogens with zero attached hydrogens (tertiary/aromatic N) is 1. The second-order valence-corrected chi connectivity index (χ2v) is 5.39. The maximum Gasteiger partial charge on any atom is 0.0971 e. The van der Waals surface area contributed by atoms with E-state index in [1.807, 2.05) is 0 Å². The van der Waals surface area contributed by atoms with Crippen LogP contribution >= 0.6 is 0 Å². The lowest BCUT2D eigenvalue weighted by atomic mass is 10.0. The fourth-order valence-electron chi connectivity index (χ4n) is 2.48. The molecule has 5 nitrogen and oxygen atoms in total. The van der Waals surface area contributed by atoms with Gasteiger partial charge >= 0.3 is 0 Å². The summed E-state index contributed by atoms with van der Waals surface area (Å²) in [6.07, 6.45) is 1.32. The van der Waals surface area contributed by atoms with Crippen LogP contribution in [0, 0.1) is 0 Å². The molecule has 0 radical (unpaired) electrons. The smallest absolute Gasteiger partial charge is 0.0971 e. The molecule has 1 aliphatic rings. The number of likely N-dealkylation sites (tertiary alicyclic amines) is 1. The van der Waals surface area contributed by atoms with E-state index in [2.05, 4.69) is 24.1 Å². The van der Waals surface area contributed by atoms with Gasteiger partial charge in [-0.2, -0.15) is 0 Å². The highest BCUT2D eigenvalue weighted by molar-refractivity contribution is 4.92. The van der Waals surface area contributed by atoms with Crippen molar-refractivity contribution in [2.24, 2.45) is 0 Å². The molecule has 0 aromatic rings. The Morgan fingerprint density at radius 3 is 2.22 bits per heavy atom. The van der Waals surface area contributed by atoms with Gasteiger partial charge in [0.2, 0.25) is 0 Å². The van der Waals surface area contributed by atoms with Gasteiger partial charge in [-0.15, -0.1) is 0 Å². The maximum atomic E-state index is 9.57. The van der Waals surface area contributed by atoms with Gasteiger partial charge in [0.25, 0.3) is 0 Å². The number of hydrogen-bond donors (Lipinski definition) is 2. The Morgan fingerprint density at radius 1 is 1.28 bits per heavy atom. The van der Waals surface area contributed by atoms with Crippen molar-refractivity contribution in [1.82, 2.24) is 10.2 Å². The van der Waals surface area contributed by atoms with Crippen LogP contribution in [0.5, 0.6) is 0 Å². The van der Waals surface area contributed by atoms with Crippen molar-refractivity contribution in [1.29, 1.82) is 0 Å². The molecule has 2 N–H and O–H groups in total. The topological polar surface area (TPSA) is 54.0 Å². The van der Waals surface area contributed by atoms with Crippen molar-refractivity contribution < 1.29 is 14.6 Å². The third-order valence-corrected chi connectivity index (χ3v) is 3.62. The fraction of sp³-hybridized carbons (Fsp3) is 1.00. The van der Waals surface area contributed by atoms with Gasteiger partial charge in [-0.05, 0) is 19.9 Å². The fourth-order valence-corrected chi connectivity index (χ4v) is 2.48. The van der Waals surface area contributed by atoms with Gasteiger partial charge in [0, 0.05) is 33.9 Å². The minimum atomic E-state index is -0.253. The molecule has 1 rings (SSSR count). The summed E-state index contributed by atoms with van der Waals surface area (Å²) in [6.45, 7) is 7.78. The Bertz CT molecular complexity index is 228. The zero-order valence-electron chi connectivity index (χ0n) is 12.1. The molecule has 3 atom stereocenters. The molecule has 5 heteroatoms. The molecule has 0 bridgehead atoms. The zero-order valence-corrected chi connectivity index (χ0v) is 12.1.